The van der Waals surface area contributed by atoms with Gasteiger partial charge in [-0.15, -0.1) is 13.7 Å². The van der Waals surface area contributed by atoms with Gasteiger partial charge in [0.1, 0.15) is 12.7 Å². The second-order valence-electron chi connectivity index (χ2n) is 3.77. The molecule has 140 valence electrons. The minimum Gasteiger partial charge on any atom is -0.394 e. The molecule has 1 atom stereocenters. The zero-order valence-corrected chi connectivity index (χ0v) is 10.6. The highest BCUT2D eigenvalue weighted by molar-refractivity contribution is 4.66. The van der Waals surface area contributed by atoms with Crippen molar-refractivity contribution >= 4 is 0 Å². The second-order valence-corrected chi connectivity index (χ2v) is 3.77. The number of rotatable bonds is 11. The lowest BCUT2D eigenvalue weighted by atomic mass is 10.4. The molecule has 0 spiro atoms. The van der Waals surface area contributed by atoms with E-state index in [4.69, 9.17) is 10.2 Å². The third-order valence-corrected chi connectivity index (χ3v) is 1.74. The first kappa shape index (κ1) is 22.1. The van der Waals surface area contributed by atoms with Gasteiger partial charge in [0.15, 0.2) is 0 Å². The van der Waals surface area contributed by atoms with E-state index in [0.717, 1.165) is 0 Å². The van der Waals surface area contributed by atoms with E-state index < -0.39 is 50.5 Å². The molecule has 0 aliphatic heterocycles. The van der Waals surface area contributed by atoms with Gasteiger partial charge in [-0.05, 0) is 4.53 Å². The number of halogens is 9. The van der Waals surface area contributed by atoms with E-state index in [0.29, 0.717) is 0 Å². The van der Waals surface area contributed by atoms with Crippen molar-refractivity contribution < 1.29 is 69.0 Å². The van der Waals surface area contributed by atoms with Gasteiger partial charge in [-0.2, -0.15) is 26.3 Å². The minimum absolute atomic E-state index is 0.934. The molecule has 0 saturated carbocycles. The minimum atomic E-state index is -6.37. The van der Waals surface area contributed by atoms with Gasteiger partial charge in [0.05, 0.1) is 13.2 Å². The Morgan fingerprint density at radius 3 is 1.83 bits per heavy atom. The van der Waals surface area contributed by atoms with Gasteiger partial charge in [-0.3, -0.25) is 0 Å². The number of alkyl halides is 8. The zero-order chi connectivity index (χ0) is 18.5. The first-order valence-corrected chi connectivity index (χ1v) is 5.26. The molecule has 0 amide bonds. The number of aliphatic hydroxyl groups excluding tert-OH is 2. The van der Waals surface area contributed by atoms with Gasteiger partial charge in [-0.25, -0.2) is 9.47 Å². The third kappa shape index (κ3) is 7.49. The van der Waals surface area contributed by atoms with Crippen molar-refractivity contribution in [2.24, 2.45) is 0 Å². The number of aliphatic hydroxyl groups is 2. The van der Waals surface area contributed by atoms with Crippen LogP contribution in [0, 0.1) is 0 Å². The van der Waals surface area contributed by atoms with Crippen LogP contribution in [0.15, 0.2) is 0 Å². The summed E-state index contributed by atoms with van der Waals surface area (Å²) in [7, 11) is 0. The summed E-state index contributed by atoms with van der Waals surface area (Å²) in [6, 6.07) is 0. The maximum absolute atomic E-state index is 12.8. The summed E-state index contributed by atoms with van der Waals surface area (Å²) < 4.78 is 120. The molecule has 0 fully saturated rings. The maximum atomic E-state index is 12.8. The van der Waals surface area contributed by atoms with Crippen LogP contribution in [-0.2, 0) is 19.2 Å². The summed E-state index contributed by atoms with van der Waals surface area (Å²) in [5, 5.41) is 17.0. The Labute approximate surface area is 121 Å². The molecule has 0 bridgehead atoms. The van der Waals surface area contributed by atoms with E-state index in [1.54, 1.807) is 0 Å². The van der Waals surface area contributed by atoms with Crippen LogP contribution in [0.4, 0.5) is 39.6 Å². The van der Waals surface area contributed by atoms with Gasteiger partial charge >= 0.3 is 24.6 Å². The lowest BCUT2D eigenvalue weighted by Gasteiger charge is -2.28. The summed E-state index contributed by atoms with van der Waals surface area (Å²) in [5.41, 5.74) is 0. The summed E-state index contributed by atoms with van der Waals surface area (Å²) in [6.45, 7) is -3.97. The molecule has 0 aliphatic rings. The van der Waals surface area contributed by atoms with Gasteiger partial charge in [-0.1, -0.05) is 0 Å². The molecular weight excluding hydrogens is 363 g/mol. The fourth-order valence-electron chi connectivity index (χ4n) is 0.844. The largest absolute Gasteiger partial charge is 0.495 e. The Balaban J connectivity index is 4.70. The first-order chi connectivity index (χ1) is 10.2. The molecule has 0 aromatic carbocycles. The Bertz CT molecular complexity index is 366. The van der Waals surface area contributed by atoms with Crippen LogP contribution in [0.3, 0.4) is 0 Å². The van der Waals surface area contributed by atoms with Crippen molar-refractivity contribution in [3.63, 3.8) is 0 Å². The van der Waals surface area contributed by atoms with Crippen LogP contribution in [0.25, 0.3) is 0 Å². The summed E-state index contributed by atoms with van der Waals surface area (Å²) in [6.07, 6.45) is -25.3. The number of ether oxygens (including phenoxy) is 3. The van der Waals surface area contributed by atoms with Crippen LogP contribution in [0.1, 0.15) is 0 Å². The van der Waals surface area contributed by atoms with E-state index in [9.17, 15) is 39.6 Å². The molecule has 0 aromatic heterocycles. The molecule has 0 radical (unpaired) electrons. The average Bonchev–Trinajstić information content (AvgIpc) is 2.34. The van der Waals surface area contributed by atoms with Gasteiger partial charge in [0, 0.05) is 0 Å². The quantitative estimate of drug-likeness (QED) is 0.424. The molecule has 0 heterocycles. The maximum Gasteiger partial charge on any atom is 0.495 e. The predicted molar refractivity (Wildman–Crippen MR) is 48.1 cm³/mol. The molecule has 0 aliphatic carbocycles. The monoisotopic (exact) mass is 372 g/mol. The Morgan fingerprint density at radius 2 is 1.39 bits per heavy atom. The van der Waals surface area contributed by atoms with Crippen LogP contribution in [0.5, 0.6) is 0 Å². The highest BCUT2D eigenvalue weighted by atomic mass is 19.4. The Morgan fingerprint density at radius 1 is 0.870 bits per heavy atom. The molecular formula is C8H9F9O6. The third-order valence-electron chi connectivity index (χ3n) is 1.74. The normalized spacial score (nSPS) is 15.8. The predicted octanol–water partition coefficient (Wildman–Crippen LogP) is 1.62. The molecule has 0 aromatic rings. The summed E-state index contributed by atoms with van der Waals surface area (Å²) in [4.78, 5) is 1.42. The Hall–Kier alpha value is -0.870. The van der Waals surface area contributed by atoms with Crippen molar-refractivity contribution in [1.82, 2.24) is 0 Å². The summed E-state index contributed by atoms with van der Waals surface area (Å²) in [5.74, 6) is 0. The van der Waals surface area contributed by atoms with Crippen molar-refractivity contribution in [2.75, 3.05) is 19.8 Å². The van der Waals surface area contributed by atoms with Crippen molar-refractivity contribution in [1.29, 1.82) is 0 Å². The smallest absolute Gasteiger partial charge is 0.394 e. The van der Waals surface area contributed by atoms with Crippen molar-refractivity contribution in [3.05, 3.63) is 0 Å². The van der Waals surface area contributed by atoms with Gasteiger partial charge in [0.2, 0.25) is 0 Å². The number of hydrogen-bond acceptors (Lipinski definition) is 6. The molecule has 0 saturated heterocycles. The lowest BCUT2D eigenvalue weighted by Crippen LogP contribution is -2.50. The first-order valence-electron chi connectivity index (χ1n) is 5.26. The van der Waals surface area contributed by atoms with Crippen molar-refractivity contribution in [2.45, 2.75) is 30.7 Å². The molecule has 1 unspecified atom stereocenters. The van der Waals surface area contributed by atoms with E-state index in [-0.39, 0.29) is 0 Å². The Kier molecular flexibility index (Phi) is 7.51. The van der Waals surface area contributed by atoms with E-state index in [2.05, 4.69) is 9.47 Å². The SMILES string of the molecule is OCC(O)COCC(F)(F)OC(F)(F)OC(F)(F)C(F)(F)OF. The molecule has 0 rings (SSSR count). The van der Waals surface area contributed by atoms with Crippen LogP contribution < -0.4 is 0 Å². The highest BCUT2D eigenvalue weighted by Crippen LogP contribution is 2.42. The zero-order valence-electron chi connectivity index (χ0n) is 10.6. The standard InChI is InChI=1S/C8H9F9O6/c9-5(10,3-20-2-4(19)1-18)21-8(15,16)22-6(11,12)7(13,14)23-17/h4,18-19H,1-3H2. The number of hydrogen-bond donors (Lipinski definition) is 2. The van der Waals surface area contributed by atoms with Crippen molar-refractivity contribution in [3.8, 4) is 0 Å². The van der Waals surface area contributed by atoms with Crippen LogP contribution in [-0.4, -0.2) is 60.8 Å². The average molecular weight is 372 g/mol. The highest BCUT2D eigenvalue weighted by Gasteiger charge is 2.67. The molecule has 2 N–H and O–H groups in total. The molecule has 6 nitrogen and oxygen atoms in total. The van der Waals surface area contributed by atoms with Crippen LogP contribution >= 0.6 is 0 Å². The van der Waals surface area contributed by atoms with E-state index in [1.165, 1.54) is 4.94 Å². The van der Waals surface area contributed by atoms with Crippen LogP contribution in [0.2, 0.25) is 0 Å². The van der Waals surface area contributed by atoms with E-state index >= 15 is 0 Å². The van der Waals surface area contributed by atoms with Gasteiger partial charge < -0.3 is 14.9 Å². The fraction of sp³-hybridized carbons (Fsp3) is 1.00. The lowest BCUT2D eigenvalue weighted by molar-refractivity contribution is -0.567. The second kappa shape index (κ2) is 7.80. The molecule has 15 heteroatoms. The summed E-state index contributed by atoms with van der Waals surface area (Å²) >= 11 is 0. The topological polar surface area (TPSA) is 77.4 Å². The van der Waals surface area contributed by atoms with Gasteiger partial charge in [0.25, 0.3) is 0 Å². The van der Waals surface area contributed by atoms with E-state index in [1.807, 2.05) is 4.74 Å². The molecule has 23 heavy (non-hydrogen) atoms. The fourth-order valence-corrected chi connectivity index (χ4v) is 0.844.